The van der Waals surface area contributed by atoms with E-state index in [9.17, 15) is 18.4 Å². The summed E-state index contributed by atoms with van der Waals surface area (Å²) < 4.78 is 26.5. The van der Waals surface area contributed by atoms with Crippen LogP contribution in [0, 0.1) is 11.6 Å². The fourth-order valence-corrected chi connectivity index (χ4v) is 2.87. The van der Waals surface area contributed by atoms with E-state index in [1.165, 1.54) is 6.08 Å². The number of hydrogen-bond acceptors (Lipinski definition) is 4. The molecule has 0 N–H and O–H groups in total. The van der Waals surface area contributed by atoms with Crippen LogP contribution in [-0.4, -0.2) is 23.5 Å². The lowest BCUT2D eigenvalue weighted by Crippen LogP contribution is -2.14. The molecule has 0 aromatic heterocycles. The zero-order valence-corrected chi connectivity index (χ0v) is 12.8. The third-order valence-electron chi connectivity index (χ3n) is 3.11. The van der Waals surface area contributed by atoms with Crippen molar-refractivity contribution in [1.29, 1.82) is 0 Å². The fourth-order valence-electron chi connectivity index (χ4n) is 1.97. The molecule has 0 spiro atoms. The summed E-state index contributed by atoms with van der Waals surface area (Å²) in [5.74, 6) is -2.18. The Morgan fingerprint density at radius 2 is 2.14 bits per heavy atom. The number of unbranched alkanes of at least 4 members (excludes halogenated alkanes) is 1. The van der Waals surface area contributed by atoms with Crippen LogP contribution < -0.4 is 0 Å². The predicted octanol–water partition coefficient (Wildman–Crippen LogP) is 3.88. The first-order valence-corrected chi connectivity index (χ1v) is 7.69. The maximum atomic E-state index is 13.6. The lowest BCUT2D eigenvalue weighted by atomic mass is 10.1. The van der Waals surface area contributed by atoms with Gasteiger partial charge in [0.2, 0.25) is 0 Å². The van der Waals surface area contributed by atoms with Crippen LogP contribution >= 0.6 is 11.8 Å². The summed E-state index contributed by atoms with van der Waals surface area (Å²) in [5, 5.41) is 0.573. The number of ketones is 1. The van der Waals surface area contributed by atoms with Crippen LogP contribution in [0.15, 0.2) is 40.4 Å². The van der Waals surface area contributed by atoms with Crippen LogP contribution in [0.5, 0.6) is 0 Å². The first-order valence-electron chi connectivity index (χ1n) is 6.87. The van der Waals surface area contributed by atoms with Gasteiger partial charge in [-0.15, -0.1) is 0 Å². The highest BCUT2D eigenvalue weighted by atomic mass is 32.2. The molecule has 0 amide bonds. The molecule has 1 heterocycles. The Hall–Kier alpha value is -1.95. The average Bonchev–Trinajstić information content (AvgIpc) is 2.87. The highest BCUT2D eigenvalue weighted by molar-refractivity contribution is 8.07. The first kappa shape index (κ1) is 16.4. The van der Waals surface area contributed by atoms with Gasteiger partial charge in [-0.2, -0.15) is 0 Å². The molecule has 1 aliphatic rings. The molecule has 0 unspecified atom stereocenters. The van der Waals surface area contributed by atoms with E-state index in [2.05, 4.69) is 0 Å². The van der Waals surface area contributed by atoms with Gasteiger partial charge in [0, 0.05) is 24.9 Å². The molecule has 0 saturated heterocycles. The largest absolute Gasteiger partial charge is 0.341 e. The summed E-state index contributed by atoms with van der Waals surface area (Å²) >= 11 is 1.16. The second kappa shape index (κ2) is 7.35. The van der Waals surface area contributed by atoms with E-state index >= 15 is 0 Å². The minimum absolute atomic E-state index is 0.190. The summed E-state index contributed by atoms with van der Waals surface area (Å²) in [6.07, 6.45) is 5.55. The number of allylic oxidation sites excluding steroid dienone is 2. The quantitative estimate of drug-likeness (QED) is 0.452. The monoisotopic (exact) mass is 323 g/mol. The van der Waals surface area contributed by atoms with Crippen LogP contribution in [0.4, 0.5) is 8.78 Å². The molecule has 2 rings (SSSR count). The van der Waals surface area contributed by atoms with Gasteiger partial charge in [0.05, 0.1) is 15.5 Å². The van der Waals surface area contributed by atoms with Gasteiger partial charge in [-0.3, -0.25) is 9.59 Å². The molecular weight excluding hydrogens is 308 g/mol. The predicted molar refractivity (Wildman–Crippen MR) is 82.1 cm³/mol. The zero-order chi connectivity index (χ0) is 16.1. The Morgan fingerprint density at radius 3 is 2.77 bits per heavy atom. The lowest BCUT2D eigenvalue weighted by molar-refractivity contribution is -0.104. The minimum Gasteiger partial charge on any atom is -0.341 e. The molecule has 0 bridgehead atoms. The van der Waals surface area contributed by atoms with Crippen LogP contribution in [0.25, 0.3) is 0 Å². The number of thioether (sulfide) groups is 1. The maximum Gasteiger partial charge on any atom is 0.191 e. The molecular formula is C16H15F2NO2S. The highest BCUT2D eigenvalue weighted by Gasteiger charge is 2.21. The number of carbonyl (C=O) groups is 2. The topological polar surface area (TPSA) is 37.4 Å². The van der Waals surface area contributed by atoms with Gasteiger partial charge >= 0.3 is 0 Å². The SMILES string of the molecule is CCCCN1C=C(C=O)S/C1=C\C(=O)c1ccc(F)cc1F. The molecule has 116 valence electrons. The van der Waals surface area contributed by atoms with Crippen LogP contribution in [0.2, 0.25) is 0 Å². The normalized spacial score (nSPS) is 16.0. The number of aldehydes is 1. The van der Waals surface area contributed by atoms with Crippen molar-refractivity contribution in [3.63, 3.8) is 0 Å². The average molecular weight is 323 g/mol. The third kappa shape index (κ3) is 3.82. The van der Waals surface area contributed by atoms with E-state index in [4.69, 9.17) is 0 Å². The van der Waals surface area contributed by atoms with Crippen molar-refractivity contribution in [2.24, 2.45) is 0 Å². The van der Waals surface area contributed by atoms with Gasteiger partial charge in [0.25, 0.3) is 0 Å². The molecule has 3 nitrogen and oxygen atoms in total. The second-order valence-electron chi connectivity index (χ2n) is 4.77. The smallest absolute Gasteiger partial charge is 0.191 e. The Labute approximate surface area is 131 Å². The van der Waals surface area contributed by atoms with E-state index < -0.39 is 17.4 Å². The van der Waals surface area contributed by atoms with Crippen molar-refractivity contribution in [2.45, 2.75) is 19.8 Å². The second-order valence-corrected chi connectivity index (χ2v) is 5.86. The van der Waals surface area contributed by atoms with Crippen molar-refractivity contribution in [3.8, 4) is 0 Å². The van der Waals surface area contributed by atoms with Crippen molar-refractivity contribution in [3.05, 3.63) is 57.6 Å². The van der Waals surface area contributed by atoms with Crippen LogP contribution in [0.3, 0.4) is 0 Å². The van der Waals surface area contributed by atoms with Gasteiger partial charge in [0.1, 0.15) is 11.6 Å². The van der Waals surface area contributed by atoms with E-state index in [1.807, 2.05) is 6.92 Å². The minimum atomic E-state index is -0.895. The summed E-state index contributed by atoms with van der Waals surface area (Å²) in [4.78, 5) is 25.3. The van der Waals surface area contributed by atoms with E-state index in [0.717, 1.165) is 36.7 Å². The molecule has 1 aliphatic heterocycles. The van der Waals surface area contributed by atoms with Gasteiger partial charge in [-0.25, -0.2) is 8.78 Å². The summed E-state index contributed by atoms with van der Waals surface area (Å²) in [5.41, 5.74) is -0.190. The maximum absolute atomic E-state index is 13.6. The van der Waals surface area contributed by atoms with Crippen molar-refractivity contribution >= 4 is 23.8 Å². The molecule has 0 atom stereocenters. The standard InChI is InChI=1S/C16H15F2NO2S/c1-2-3-6-19-9-12(10-20)22-16(19)8-15(21)13-5-4-11(17)7-14(13)18/h4-5,7-10H,2-3,6H2,1H3/b16-8-. The Bertz CT molecular complexity index is 656. The van der Waals surface area contributed by atoms with Gasteiger partial charge in [-0.1, -0.05) is 25.1 Å². The molecule has 6 heteroatoms. The fraction of sp³-hybridized carbons (Fsp3) is 0.250. The van der Waals surface area contributed by atoms with Crippen LogP contribution in [-0.2, 0) is 4.79 Å². The molecule has 0 saturated carbocycles. The van der Waals surface area contributed by atoms with Crippen molar-refractivity contribution in [1.82, 2.24) is 4.90 Å². The highest BCUT2D eigenvalue weighted by Crippen LogP contribution is 2.35. The van der Waals surface area contributed by atoms with Crippen molar-refractivity contribution < 1.29 is 18.4 Å². The number of hydrogen-bond donors (Lipinski definition) is 0. The molecule has 0 aliphatic carbocycles. The van der Waals surface area contributed by atoms with Crippen LogP contribution in [0.1, 0.15) is 30.1 Å². The number of carbonyl (C=O) groups excluding carboxylic acids is 2. The molecule has 0 radical (unpaired) electrons. The van der Waals surface area contributed by atoms with E-state index in [0.29, 0.717) is 28.8 Å². The lowest BCUT2D eigenvalue weighted by Gasteiger charge is -2.16. The Balaban J connectivity index is 2.22. The Morgan fingerprint density at radius 1 is 1.36 bits per heavy atom. The Kier molecular flexibility index (Phi) is 5.49. The van der Waals surface area contributed by atoms with Crippen molar-refractivity contribution in [2.75, 3.05) is 6.54 Å². The summed E-state index contributed by atoms with van der Waals surface area (Å²) in [6, 6.07) is 2.84. The zero-order valence-electron chi connectivity index (χ0n) is 12.0. The van der Waals surface area contributed by atoms with E-state index in [1.54, 1.807) is 11.1 Å². The number of benzene rings is 1. The first-order chi connectivity index (χ1) is 10.5. The molecule has 1 aromatic rings. The summed E-state index contributed by atoms with van der Waals surface area (Å²) in [6.45, 7) is 2.71. The number of nitrogens with zero attached hydrogens (tertiary/aromatic N) is 1. The van der Waals surface area contributed by atoms with Gasteiger partial charge < -0.3 is 4.90 Å². The summed E-state index contributed by atoms with van der Waals surface area (Å²) in [7, 11) is 0. The third-order valence-corrected chi connectivity index (χ3v) is 4.11. The van der Waals surface area contributed by atoms with E-state index in [-0.39, 0.29) is 5.56 Å². The molecule has 22 heavy (non-hydrogen) atoms. The molecule has 0 fully saturated rings. The molecule has 1 aromatic carbocycles. The van der Waals surface area contributed by atoms with Gasteiger partial charge in [0.15, 0.2) is 12.1 Å². The van der Waals surface area contributed by atoms with Gasteiger partial charge in [-0.05, 0) is 18.6 Å². The number of rotatable bonds is 6. The number of halogens is 2.